The molecule has 0 N–H and O–H groups in total. The van der Waals surface area contributed by atoms with Crippen molar-refractivity contribution in [1.82, 2.24) is 0 Å². The summed E-state index contributed by atoms with van der Waals surface area (Å²) in [5, 5.41) is 0. The van der Waals surface area contributed by atoms with Gasteiger partial charge in [-0.05, 0) is 37.9 Å². The third kappa shape index (κ3) is 1.52. The molecule has 2 atom stereocenters. The molecule has 1 heterocycles. The summed E-state index contributed by atoms with van der Waals surface area (Å²) in [6.07, 6.45) is 6.33. The summed E-state index contributed by atoms with van der Waals surface area (Å²) in [4.78, 5) is 0. The van der Waals surface area contributed by atoms with E-state index in [4.69, 9.17) is 4.43 Å². The number of rotatable bonds is 0. The fourth-order valence-electron chi connectivity index (χ4n) is 2.65. The van der Waals surface area contributed by atoms with E-state index >= 15 is 0 Å². The van der Waals surface area contributed by atoms with Gasteiger partial charge in [0, 0.05) is 6.10 Å². The Balaban J connectivity index is 2.03. The zero-order valence-electron chi connectivity index (χ0n) is 7.60. The van der Waals surface area contributed by atoms with Gasteiger partial charge >= 0.3 is 0 Å². The van der Waals surface area contributed by atoms with Gasteiger partial charge in [-0.15, -0.1) is 0 Å². The van der Waals surface area contributed by atoms with Gasteiger partial charge in [-0.3, -0.25) is 0 Å². The van der Waals surface area contributed by atoms with E-state index in [1.54, 1.807) is 0 Å². The minimum absolute atomic E-state index is 0.672. The van der Waals surface area contributed by atoms with Crippen molar-refractivity contribution in [3.05, 3.63) is 0 Å². The first-order valence-corrected chi connectivity index (χ1v) is 7.97. The van der Waals surface area contributed by atoms with Gasteiger partial charge in [0.25, 0.3) is 0 Å². The van der Waals surface area contributed by atoms with E-state index in [1.165, 1.54) is 31.7 Å². The molecule has 64 valence electrons. The molecular weight excluding hydrogens is 152 g/mol. The van der Waals surface area contributed by atoms with Crippen molar-refractivity contribution in [3.8, 4) is 0 Å². The Bertz CT molecular complexity index is 140. The lowest BCUT2D eigenvalue weighted by atomic mass is 9.88. The van der Waals surface area contributed by atoms with E-state index in [1.807, 2.05) is 0 Å². The summed E-state index contributed by atoms with van der Waals surface area (Å²) >= 11 is 0. The molecule has 0 bridgehead atoms. The zero-order chi connectivity index (χ0) is 7.90. The Morgan fingerprint density at radius 2 is 1.91 bits per heavy atom. The molecule has 2 fully saturated rings. The molecule has 0 unspecified atom stereocenters. The molecule has 11 heavy (non-hydrogen) atoms. The maximum atomic E-state index is 6.09. The standard InChI is InChI=1S/C9H18OSi/c1-11(2)7-8-5-3-4-6-9(8)10-11/h8-9H,3-7H2,1-2H3/t8-,9+/m1/s1. The fourth-order valence-corrected chi connectivity index (χ4v) is 5.61. The molecule has 1 saturated carbocycles. The smallest absolute Gasteiger partial charge is 0.187 e. The Labute approximate surface area is 70.3 Å². The molecule has 0 spiro atoms. The van der Waals surface area contributed by atoms with Crippen LogP contribution in [0.4, 0.5) is 0 Å². The quantitative estimate of drug-likeness (QED) is 0.508. The molecule has 0 amide bonds. The van der Waals surface area contributed by atoms with E-state index in [2.05, 4.69) is 13.1 Å². The molecule has 0 radical (unpaired) electrons. The SMILES string of the molecule is C[Si]1(C)C[C@H]2CCCC[C@@H]2O1. The second kappa shape index (κ2) is 2.59. The third-order valence-electron chi connectivity index (χ3n) is 3.06. The van der Waals surface area contributed by atoms with Crippen LogP contribution in [-0.4, -0.2) is 14.4 Å². The average molecular weight is 170 g/mol. The highest BCUT2D eigenvalue weighted by Crippen LogP contribution is 2.40. The van der Waals surface area contributed by atoms with Crippen LogP contribution >= 0.6 is 0 Å². The lowest BCUT2D eigenvalue weighted by molar-refractivity contribution is 0.135. The molecule has 0 aromatic carbocycles. The molecular formula is C9H18OSi. The highest BCUT2D eigenvalue weighted by molar-refractivity contribution is 6.71. The van der Waals surface area contributed by atoms with Crippen LogP contribution in [0.1, 0.15) is 25.7 Å². The summed E-state index contributed by atoms with van der Waals surface area (Å²) in [6.45, 7) is 4.73. The van der Waals surface area contributed by atoms with Gasteiger partial charge in [-0.25, -0.2) is 0 Å². The van der Waals surface area contributed by atoms with Crippen LogP contribution in [0.25, 0.3) is 0 Å². The third-order valence-corrected chi connectivity index (χ3v) is 5.51. The molecule has 2 heteroatoms. The van der Waals surface area contributed by atoms with E-state index < -0.39 is 8.32 Å². The van der Waals surface area contributed by atoms with Gasteiger partial charge in [0.1, 0.15) is 0 Å². The summed E-state index contributed by atoms with van der Waals surface area (Å²) < 4.78 is 6.09. The molecule has 0 aromatic rings. The number of hydrogen-bond acceptors (Lipinski definition) is 1. The van der Waals surface area contributed by atoms with E-state index in [9.17, 15) is 0 Å². The highest BCUT2D eigenvalue weighted by Gasteiger charge is 2.42. The number of fused-ring (bicyclic) bond motifs is 1. The summed E-state index contributed by atoms with van der Waals surface area (Å²) in [5.74, 6) is 0.949. The Morgan fingerprint density at radius 3 is 2.64 bits per heavy atom. The first-order valence-electron chi connectivity index (χ1n) is 4.85. The van der Waals surface area contributed by atoms with Crippen LogP contribution in [0.3, 0.4) is 0 Å². The van der Waals surface area contributed by atoms with Gasteiger partial charge in [0.2, 0.25) is 0 Å². The predicted octanol–water partition coefficient (Wildman–Crippen LogP) is 2.78. The van der Waals surface area contributed by atoms with Gasteiger partial charge < -0.3 is 4.43 Å². The van der Waals surface area contributed by atoms with Crippen molar-refractivity contribution in [2.45, 2.75) is 50.9 Å². The van der Waals surface area contributed by atoms with Gasteiger partial charge in [-0.1, -0.05) is 12.8 Å². The summed E-state index contributed by atoms with van der Waals surface area (Å²) in [7, 11) is -1.17. The summed E-state index contributed by atoms with van der Waals surface area (Å²) in [5.41, 5.74) is 0. The Morgan fingerprint density at radius 1 is 1.18 bits per heavy atom. The van der Waals surface area contributed by atoms with Crippen molar-refractivity contribution >= 4 is 8.32 Å². The fraction of sp³-hybridized carbons (Fsp3) is 1.00. The van der Waals surface area contributed by atoms with Crippen molar-refractivity contribution in [2.24, 2.45) is 5.92 Å². The lowest BCUT2D eigenvalue weighted by Crippen LogP contribution is -2.26. The van der Waals surface area contributed by atoms with Crippen LogP contribution in [0.5, 0.6) is 0 Å². The van der Waals surface area contributed by atoms with E-state index in [0.29, 0.717) is 6.10 Å². The number of hydrogen-bond donors (Lipinski definition) is 0. The van der Waals surface area contributed by atoms with Gasteiger partial charge in [0.15, 0.2) is 8.32 Å². The molecule has 2 rings (SSSR count). The minimum atomic E-state index is -1.17. The van der Waals surface area contributed by atoms with Crippen LogP contribution in [-0.2, 0) is 4.43 Å². The largest absolute Gasteiger partial charge is 0.414 e. The lowest BCUT2D eigenvalue weighted by Gasteiger charge is -2.24. The monoisotopic (exact) mass is 170 g/mol. The first kappa shape index (κ1) is 7.81. The highest BCUT2D eigenvalue weighted by atomic mass is 28.4. The van der Waals surface area contributed by atoms with Crippen molar-refractivity contribution in [3.63, 3.8) is 0 Å². The summed E-state index contributed by atoms with van der Waals surface area (Å²) in [6, 6.07) is 1.43. The topological polar surface area (TPSA) is 9.23 Å². The van der Waals surface area contributed by atoms with Crippen LogP contribution < -0.4 is 0 Å². The van der Waals surface area contributed by atoms with E-state index in [-0.39, 0.29) is 0 Å². The Kier molecular flexibility index (Phi) is 1.84. The van der Waals surface area contributed by atoms with Crippen LogP contribution in [0.2, 0.25) is 19.1 Å². The Hall–Kier alpha value is 0.177. The molecule has 1 saturated heterocycles. The molecule has 0 aromatic heterocycles. The second-order valence-corrected chi connectivity index (χ2v) is 8.83. The molecule has 1 aliphatic carbocycles. The van der Waals surface area contributed by atoms with Crippen LogP contribution in [0.15, 0.2) is 0 Å². The van der Waals surface area contributed by atoms with Crippen molar-refractivity contribution in [2.75, 3.05) is 0 Å². The maximum Gasteiger partial charge on any atom is 0.187 e. The molecule has 2 aliphatic rings. The van der Waals surface area contributed by atoms with Gasteiger partial charge in [0.05, 0.1) is 0 Å². The first-order chi connectivity index (χ1) is 5.17. The molecule has 1 nitrogen and oxygen atoms in total. The normalized spacial score (nSPS) is 42.0. The minimum Gasteiger partial charge on any atom is -0.414 e. The molecule has 1 aliphatic heterocycles. The van der Waals surface area contributed by atoms with Crippen molar-refractivity contribution in [1.29, 1.82) is 0 Å². The zero-order valence-corrected chi connectivity index (χ0v) is 8.60. The maximum absolute atomic E-state index is 6.09. The van der Waals surface area contributed by atoms with Crippen LogP contribution in [0, 0.1) is 5.92 Å². The van der Waals surface area contributed by atoms with E-state index in [0.717, 1.165) is 5.92 Å². The van der Waals surface area contributed by atoms with Gasteiger partial charge in [-0.2, -0.15) is 0 Å². The predicted molar refractivity (Wildman–Crippen MR) is 49.1 cm³/mol. The average Bonchev–Trinajstić information content (AvgIpc) is 2.21. The van der Waals surface area contributed by atoms with Crippen molar-refractivity contribution < 1.29 is 4.43 Å². The second-order valence-electron chi connectivity index (χ2n) is 4.66.